The Morgan fingerprint density at radius 2 is 1.54 bits per heavy atom. The Morgan fingerprint density at radius 1 is 0.900 bits per heavy atom. The summed E-state index contributed by atoms with van der Waals surface area (Å²) in [5.74, 6) is -0.354. The maximum absolute atomic E-state index is 14.8. The summed E-state index contributed by atoms with van der Waals surface area (Å²) in [5.41, 5.74) is 1.56. The van der Waals surface area contributed by atoms with Crippen molar-refractivity contribution in [3.05, 3.63) is 118 Å². The Hall–Kier alpha value is -3.70. The second kappa shape index (κ2) is 17.5. The molecule has 1 aliphatic rings. The van der Waals surface area contributed by atoms with Gasteiger partial charge in [-0.3, -0.25) is 13.9 Å². The first-order chi connectivity index (χ1) is 24.1. The zero-order chi connectivity index (χ0) is 35.7. The van der Waals surface area contributed by atoms with Crippen LogP contribution in [-0.4, -0.2) is 56.6 Å². The molecule has 8 nitrogen and oxygen atoms in total. The van der Waals surface area contributed by atoms with Crippen molar-refractivity contribution in [3.8, 4) is 5.75 Å². The van der Waals surface area contributed by atoms with E-state index >= 15 is 0 Å². The summed E-state index contributed by atoms with van der Waals surface area (Å²) < 4.78 is 35.5. The number of thioether (sulfide) groups is 1. The highest BCUT2D eigenvalue weighted by Gasteiger charge is 2.36. The Kier molecular flexibility index (Phi) is 13.1. The number of nitrogens with zero attached hydrogens (tertiary/aromatic N) is 2. The number of hydrogen-bond donors (Lipinski definition) is 1. The number of halogens is 2. The summed E-state index contributed by atoms with van der Waals surface area (Å²) in [6, 6.07) is 26.5. The van der Waals surface area contributed by atoms with Gasteiger partial charge in [0.1, 0.15) is 18.3 Å². The van der Waals surface area contributed by atoms with E-state index in [2.05, 4.69) is 5.32 Å². The fourth-order valence-electron chi connectivity index (χ4n) is 6.05. The minimum absolute atomic E-state index is 0.00777. The highest BCUT2D eigenvalue weighted by atomic mass is 35.5. The summed E-state index contributed by atoms with van der Waals surface area (Å²) in [5, 5.41) is 3.83. The molecule has 1 aliphatic carbocycles. The molecular weight excluding hydrogens is 713 g/mol. The SMILES string of the molecule is CCOc1ccc(N(CC(=O)N(Cc2c(Cl)cccc2Cl)[C@H](Cc2ccccc2)C(=O)NC2CCCC2)S(=O)(=O)c2ccc(SC)cc2)cc1. The van der Waals surface area contributed by atoms with Crippen LogP contribution >= 0.6 is 35.0 Å². The molecule has 50 heavy (non-hydrogen) atoms. The maximum Gasteiger partial charge on any atom is 0.264 e. The number of amides is 2. The van der Waals surface area contributed by atoms with E-state index < -0.39 is 28.5 Å². The van der Waals surface area contributed by atoms with Gasteiger partial charge in [-0.15, -0.1) is 11.8 Å². The fraction of sp³-hybridized carbons (Fsp3) is 0.316. The summed E-state index contributed by atoms with van der Waals surface area (Å²) in [4.78, 5) is 31.4. The van der Waals surface area contributed by atoms with Gasteiger partial charge in [0.25, 0.3) is 10.0 Å². The van der Waals surface area contributed by atoms with Gasteiger partial charge in [-0.25, -0.2) is 8.42 Å². The predicted molar refractivity (Wildman–Crippen MR) is 202 cm³/mol. The lowest BCUT2D eigenvalue weighted by Gasteiger charge is -2.34. The third-order valence-corrected chi connectivity index (χ3v) is 12.0. The Morgan fingerprint density at radius 3 is 2.14 bits per heavy atom. The molecule has 0 aliphatic heterocycles. The molecule has 0 aromatic heterocycles. The normalized spacial score (nSPS) is 13.8. The molecule has 0 radical (unpaired) electrons. The molecule has 4 aromatic carbocycles. The number of ether oxygens (including phenoxy) is 1. The topological polar surface area (TPSA) is 96.0 Å². The molecule has 1 atom stereocenters. The first-order valence-corrected chi connectivity index (χ1v) is 20.0. The molecule has 0 saturated heterocycles. The summed E-state index contributed by atoms with van der Waals surface area (Å²) >= 11 is 14.8. The zero-order valence-electron chi connectivity index (χ0n) is 28.1. The lowest BCUT2D eigenvalue weighted by atomic mass is 10.0. The van der Waals surface area contributed by atoms with Gasteiger partial charge in [-0.05, 0) is 92.2 Å². The largest absolute Gasteiger partial charge is 0.494 e. The number of carbonyl (C=O) groups is 2. The van der Waals surface area contributed by atoms with Gasteiger partial charge in [0.2, 0.25) is 11.8 Å². The van der Waals surface area contributed by atoms with Crippen molar-refractivity contribution in [2.75, 3.05) is 23.7 Å². The molecule has 0 unspecified atom stereocenters. The number of hydrogen-bond acceptors (Lipinski definition) is 6. The van der Waals surface area contributed by atoms with E-state index in [4.69, 9.17) is 27.9 Å². The van der Waals surface area contributed by atoms with Gasteiger partial charge in [0, 0.05) is 39.5 Å². The van der Waals surface area contributed by atoms with Crippen molar-refractivity contribution < 1.29 is 22.7 Å². The van der Waals surface area contributed by atoms with E-state index in [1.807, 2.05) is 43.5 Å². The van der Waals surface area contributed by atoms with Crippen LogP contribution in [0.4, 0.5) is 5.69 Å². The van der Waals surface area contributed by atoms with E-state index in [-0.39, 0.29) is 35.5 Å². The second-order valence-corrected chi connectivity index (χ2v) is 15.6. The van der Waals surface area contributed by atoms with E-state index in [0.717, 1.165) is 40.4 Å². The van der Waals surface area contributed by atoms with Crippen LogP contribution in [0.15, 0.2) is 107 Å². The zero-order valence-corrected chi connectivity index (χ0v) is 31.2. The standard InChI is InChI=1S/C38H41Cl2N3O5S2/c1-3-48-30-18-16-29(17-19-30)43(50(46,47)32-22-20-31(49-2)21-23-32)26-37(44)42(25-33-34(39)14-9-15-35(33)40)36(24-27-10-5-4-6-11-27)38(45)41-28-12-7-8-13-28/h4-6,9-11,14-23,28,36H,3,7-8,12-13,24-26H2,1-2H3,(H,41,45)/t36-/m1/s1. The number of nitrogens with one attached hydrogen (secondary N) is 1. The number of anilines is 1. The van der Waals surface area contributed by atoms with Crippen LogP contribution in [-0.2, 0) is 32.6 Å². The van der Waals surface area contributed by atoms with E-state index in [9.17, 15) is 18.0 Å². The highest BCUT2D eigenvalue weighted by Crippen LogP contribution is 2.31. The van der Waals surface area contributed by atoms with E-state index in [1.54, 1.807) is 54.6 Å². The molecule has 1 fully saturated rings. The molecule has 264 valence electrons. The summed E-state index contributed by atoms with van der Waals surface area (Å²) in [6.07, 6.45) is 5.83. The highest BCUT2D eigenvalue weighted by molar-refractivity contribution is 7.98. The lowest BCUT2D eigenvalue weighted by Crippen LogP contribution is -2.54. The smallest absolute Gasteiger partial charge is 0.264 e. The molecular formula is C38H41Cl2N3O5S2. The van der Waals surface area contributed by atoms with Crippen LogP contribution in [0, 0.1) is 0 Å². The van der Waals surface area contributed by atoms with E-state index in [1.165, 1.54) is 28.8 Å². The van der Waals surface area contributed by atoms with Crippen LogP contribution in [0.3, 0.4) is 0 Å². The van der Waals surface area contributed by atoms with Crippen LogP contribution in [0.5, 0.6) is 5.75 Å². The predicted octanol–water partition coefficient (Wildman–Crippen LogP) is 8.01. The molecule has 4 aromatic rings. The van der Waals surface area contributed by atoms with Crippen LogP contribution < -0.4 is 14.4 Å². The van der Waals surface area contributed by atoms with Gasteiger partial charge in [0.15, 0.2) is 0 Å². The van der Waals surface area contributed by atoms with Gasteiger partial charge in [-0.1, -0.05) is 72.4 Å². The van der Waals surface area contributed by atoms with Crippen molar-refractivity contribution in [2.45, 2.75) is 67.4 Å². The first-order valence-electron chi connectivity index (χ1n) is 16.6. The number of rotatable bonds is 15. The maximum atomic E-state index is 14.8. The number of benzene rings is 4. The minimum Gasteiger partial charge on any atom is -0.494 e. The molecule has 0 heterocycles. The van der Waals surface area contributed by atoms with Crippen LogP contribution in [0.2, 0.25) is 10.0 Å². The monoisotopic (exact) mass is 753 g/mol. The van der Waals surface area contributed by atoms with E-state index in [0.29, 0.717) is 28.0 Å². The quantitative estimate of drug-likeness (QED) is 0.124. The molecule has 1 N–H and O–H groups in total. The molecule has 0 bridgehead atoms. The Bertz CT molecular complexity index is 1830. The third-order valence-electron chi connectivity index (χ3n) is 8.72. The molecule has 2 amide bonds. The molecule has 0 spiro atoms. The van der Waals surface area contributed by atoms with Crippen molar-refractivity contribution in [1.29, 1.82) is 0 Å². The lowest BCUT2D eigenvalue weighted by molar-refractivity contribution is -0.140. The van der Waals surface area contributed by atoms with Crippen molar-refractivity contribution in [2.24, 2.45) is 0 Å². The minimum atomic E-state index is -4.26. The summed E-state index contributed by atoms with van der Waals surface area (Å²) in [7, 11) is -4.26. The van der Waals surface area contributed by atoms with Gasteiger partial charge >= 0.3 is 0 Å². The van der Waals surface area contributed by atoms with Gasteiger partial charge < -0.3 is 15.0 Å². The number of carbonyl (C=O) groups excluding carboxylic acids is 2. The third kappa shape index (κ3) is 9.34. The van der Waals surface area contributed by atoms with Gasteiger partial charge in [-0.2, -0.15) is 0 Å². The molecule has 1 saturated carbocycles. The molecule has 12 heteroatoms. The number of sulfonamides is 1. The Labute approximate surface area is 309 Å². The van der Waals surface area contributed by atoms with Crippen molar-refractivity contribution in [1.82, 2.24) is 10.2 Å². The summed E-state index contributed by atoms with van der Waals surface area (Å²) in [6.45, 7) is 1.58. The average Bonchev–Trinajstić information content (AvgIpc) is 3.63. The fourth-order valence-corrected chi connectivity index (χ4v) is 8.39. The van der Waals surface area contributed by atoms with Crippen molar-refractivity contribution in [3.63, 3.8) is 0 Å². The van der Waals surface area contributed by atoms with Crippen LogP contribution in [0.1, 0.15) is 43.7 Å². The molecule has 5 rings (SSSR count). The first kappa shape index (κ1) is 37.6. The Balaban J connectivity index is 1.59. The van der Waals surface area contributed by atoms with Crippen LogP contribution in [0.25, 0.3) is 0 Å². The van der Waals surface area contributed by atoms with Crippen molar-refractivity contribution >= 4 is 62.5 Å². The van der Waals surface area contributed by atoms with Gasteiger partial charge in [0.05, 0.1) is 17.2 Å². The average molecular weight is 755 g/mol. The second-order valence-electron chi connectivity index (χ2n) is 12.0.